The first-order valence-electron chi connectivity index (χ1n) is 5.70. The molecule has 2 aromatic heterocycles. The highest BCUT2D eigenvalue weighted by atomic mass is 32.1. The van der Waals surface area contributed by atoms with E-state index in [9.17, 15) is 9.18 Å². The number of nitrogens with zero attached hydrogens (tertiary/aromatic N) is 3. The van der Waals surface area contributed by atoms with Crippen LogP contribution in [0.4, 0.5) is 14.9 Å². The van der Waals surface area contributed by atoms with Crippen molar-refractivity contribution >= 4 is 23.3 Å². The van der Waals surface area contributed by atoms with Gasteiger partial charge in [0, 0.05) is 24.2 Å². The number of methoxy groups -OCH3 is 1. The van der Waals surface area contributed by atoms with Crippen molar-refractivity contribution in [1.29, 1.82) is 0 Å². The number of nitrogens with one attached hydrogen (secondary N) is 1. The summed E-state index contributed by atoms with van der Waals surface area (Å²) in [5, 5.41) is 4.28. The molecule has 0 fully saturated rings. The second-order valence-electron chi connectivity index (χ2n) is 3.99. The van der Waals surface area contributed by atoms with E-state index in [4.69, 9.17) is 4.74 Å². The predicted molar refractivity (Wildman–Crippen MR) is 73.3 cm³/mol. The summed E-state index contributed by atoms with van der Waals surface area (Å²) in [6.07, 6.45) is 2.45. The lowest BCUT2D eigenvalue weighted by Gasteiger charge is -2.17. The van der Waals surface area contributed by atoms with E-state index in [1.54, 1.807) is 12.4 Å². The average molecular weight is 296 g/mol. The maximum absolute atomic E-state index is 13.4. The standard InChI is InChI=1S/C12H13FN4O2S/c1-17(6-8-7-20-16-11(8)19-2)12(18)15-10-3-4-14-5-9(10)13/h3-5,7H,6H2,1-2H3,(H,14,15,18). The zero-order valence-electron chi connectivity index (χ0n) is 11.0. The number of carbonyl (C=O) groups is 1. The summed E-state index contributed by atoms with van der Waals surface area (Å²) in [6.45, 7) is 0.318. The quantitative estimate of drug-likeness (QED) is 0.940. The number of urea groups is 1. The van der Waals surface area contributed by atoms with E-state index in [0.717, 1.165) is 11.8 Å². The van der Waals surface area contributed by atoms with Crippen molar-refractivity contribution in [2.75, 3.05) is 19.5 Å². The van der Waals surface area contributed by atoms with Gasteiger partial charge in [0.1, 0.15) is 0 Å². The number of ether oxygens (including phenoxy) is 1. The molecule has 0 aliphatic rings. The number of amides is 2. The second-order valence-corrected chi connectivity index (χ2v) is 4.62. The van der Waals surface area contributed by atoms with Gasteiger partial charge in [0.05, 0.1) is 25.5 Å². The number of rotatable bonds is 4. The molecular weight excluding hydrogens is 283 g/mol. The van der Waals surface area contributed by atoms with Gasteiger partial charge in [0.15, 0.2) is 5.82 Å². The Morgan fingerprint density at radius 2 is 2.40 bits per heavy atom. The maximum Gasteiger partial charge on any atom is 0.321 e. The van der Waals surface area contributed by atoms with Crippen molar-refractivity contribution in [1.82, 2.24) is 14.3 Å². The van der Waals surface area contributed by atoms with Crippen LogP contribution in [-0.2, 0) is 6.54 Å². The van der Waals surface area contributed by atoms with E-state index < -0.39 is 11.8 Å². The summed E-state index contributed by atoms with van der Waals surface area (Å²) in [7, 11) is 3.12. The fourth-order valence-corrected chi connectivity index (χ4v) is 2.18. The first kappa shape index (κ1) is 14.2. The minimum absolute atomic E-state index is 0.0901. The minimum atomic E-state index is -0.580. The van der Waals surface area contributed by atoms with Crippen LogP contribution in [-0.4, -0.2) is 34.4 Å². The fourth-order valence-electron chi connectivity index (χ4n) is 1.53. The Balaban J connectivity index is 2.01. The number of hydrogen-bond donors (Lipinski definition) is 1. The molecule has 2 amide bonds. The molecule has 2 aromatic rings. The molecule has 0 spiro atoms. The van der Waals surface area contributed by atoms with Crippen LogP contribution in [0.3, 0.4) is 0 Å². The van der Waals surface area contributed by atoms with Crippen molar-refractivity contribution in [2.24, 2.45) is 0 Å². The predicted octanol–water partition coefficient (Wildman–Crippen LogP) is 2.35. The van der Waals surface area contributed by atoms with Gasteiger partial charge >= 0.3 is 6.03 Å². The Hall–Kier alpha value is -2.22. The van der Waals surface area contributed by atoms with Crippen LogP contribution >= 0.6 is 11.5 Å². The number of anilines is 1. The summed E-state index contributed by atoms with van der Waals surface area (Å²) >= 11 is 1.25. The normalized spacial score (nSPS) is 10.2. The molecule has 0 radical (unpaired) electrons. The monoisotopic (exact) mass is 296 g/mol. The van der Waals surface area contributed by atoms with E-state index in [1.165, 1.54) is 35.8 Å². The molecule has 1 N–H and O–H groups in total. The molecular formula is C12H13FN4O2S. The third kappa shape index (κ3) is 3.21. The largest absolute Gasteiger partial charge is 0.480 e. The molecule has 0 aliphatic heterocycles. The molecule has 0 atom stereocenters. The minimum Gasteiger partial charge on any atom is -0.480 e. The van der Waals surface area contributed by atoms with Crippen LogP contribution in [0.1, 0.15) is 5.56 Å². The van der Waals surface area contributed by atoms with Crippen LogP contribution < -0.4 is 10.1 Å². The number of halogens is 1. The van der Waals surface area contributed by atoms with Crippen LogP contribution in [0, 0.1) is 5.82 Å². The molecule has 0 aliphatic carbocycles. The smallest absolute Gasteiger partial charge is 0.321 e. The van der Waals surface area contributed by atoms with Gasteiger partial charge in [0.2, 0.25) is 5.88 Å². The number of carbonyl (C=O) groups excluding carboxylic acids is 1. The molecule has 0 bridgehead atoms. The molecule has 8 heteroatoms. The fraction of sp³-hybridized carbons (Fsp3) is 0.250. The maximum atomic E-state index is 13.4. The van der Waals surface area contributed by atoms with Gasteiger partial charge in [-0.25, -0.2) is 9.18 Å². The van der Waals surface area contributed by atoms with Gasteiger partial charge in [-0.1, -0.05) is 0 Å². The lowest BCUT2D eigenvalue weighted by molar-refractivity contribution is 0.220. The van der Waals surface area contributed by atoms with Gasteiger partial charge < -0.3 is 15.0 Å². The molecule has 2 heterocycles. The van der Waals surface area contributed by atoms with E-state index in [1.807, 2.05) is 0 Å². The van der Waals surface area contributed by atoms with Crippen LogP contribution in [0.15, 0.2) is 23.8 Å². The molecule has 106 valence electrons. The summed E-state index contributed by atoms with van der Waals surface area (Å²) < 4.78 is 22.5. The SMILES string of the molecule is COc1nscc1CN(C)C(=O)Nc1ccncc1F. The summed E-state index contributed by atoms with van der Waals surface area (Å²) in [6, 6.07) is 0.969. The summed E-state index contributed by atoms with van der Waals surface area (Å²) in [5.74, 6) is -0.0891. The highest BCUT2D eigenvalue weighted by molar-refractivity contribution is 7.03. The Bertz CT molecular complexity index is 605. The second kappa shape index (κ2) is 6.29. The highest BCUT2D eigenvalue weighted by Gasteiger charge is 2.15. The van der Waals surface area contributed by atoms with Crippen LogP contribution in [0.25, 0.3) is 0 Å². The molecule has 0 saturated carbocycles. The Morgan fingerprint density at radius 1 is 1.60 bits per heavy atom. The van der Waals surface area contributed by atoms with Gasteiger partial charge in [0.25, 0.3) is 0 Å². The van der Waals surface area contributed by atoms with Gasteiger partial charge in [-0.2, -0.15) is 4.37 Å². The van der Waals surface area contributed by atoms with Crippen molar-refractivity contribution < 1.29 is 13.9 Å². The Morgan fingerprint density at radius 3 is 3.10 bits per heavy atom. The van der Waals surface area contributed by atoms with E-state index in [2.05, 4.69) is 14.7 Å². The van der Waals surface area contributed by atoms with Crippen molar-refractivity contribution in [2.45, 2.75) is 6.54 Å². The lowest BCUT2D eigenvalue weighted by atomic mass is 10.3. The van der Waals surface area contributed by atoms with E-state index in [-0.39, 0.29) is 5.69 Å². The van der Waals surface area contributed by atoms with Gasteiger partial charge in [-0.3, -0.25) is 4.98 Å². The number of hydrogen-bond acceptors (Lipinski definition) is 5. The van der Waals surface area contributed by atoms with Gasteiger partial charge in [-0.05, 0) is 17.6 Å². The number of pyridine rings is 1. The lowest BCUT2D eigenvalue weighted by Crippen LogP contribution is -2.31. The number of aromatic nitrogens is 2. The topological polar surface area (TPSA) is 67.3 Å². The summed E-state index contributed by atoms with van der Waals surface area (Å²) in [5.41, 5.74) is 0.887. The van der Waals surface area contributed by atoms with E-state index in [0.29, 0.717) is 12.4 Å². The molecule has 2 rings (SSSR count). The third-order valence-corrected chi connectivity index (χ3v) is 3.23. The summed E-state index contributed by atoms with van der Waals surface area (Å²) in [4.78, 5) is 17.0. The zero-order valence-corrected chi connectivity index (χ0v) is 11.8. The van der Waals surface area contributed by atoms with Crippen LogP contribution in [0.5, 0.6) is 5.88 Å². The zero-order chi connectivity index (χ0) is 14.5. The average Bonchev–Trinajstić information content (AvgIpc) is 2.88. The van der Waals surface area contributed by atoms with Crippen molar-refractivity contribution in [3.63, 3.8) is 0 Å². The van der Waals surface area contributed by atoms with E-state index >= 15 is 0 Å². The van der Waals surface area contributed by atoms with Crippen molar-refractivity contribution in [3.05, 3.63) is 35.2 Å². The first-order chi connectivity index (χ1) is 9.61. The molecule has 0 saturated heterocycles. The molecule has 0 aromatic carbocycles. The van der Waals surface area contributed by atoms with Crippen LogP contribution in [0.2, 0.25) is 0 Å². The third-order valence-electron chi connectivity index (χ3n) is 2.57. The Kier molecular flexibility index (Phi) is 4.46. The molecule has 0 unspecified atom stereocenters. The Labute approximate surface area is 119 Å². The van der Waals surface area contributed by atoms with Gasteiger partial charge in [-0.15, -0.1) is 0 Å². The first-order valence-corrected chi connectivity index (χ1v) is 6.54. The molecule has 6 nitrogen and oxygen atoms in total. The van der Waals surface area contributed by atoms with Crippen molar-refractivity contribution in [3.8, 4) is 5.88 Å². The highest BCUT2D eigenvalue weighted by Crippen LogP contribution is 2.20. The molecule has 20 heavy (non-hydrogen) atoms.